The van der Waals surface area contributed by atoms with Gasteiger partial charge in [-0.25, -0.2) is 8.42 Å². The van der Waals surface area contributed by atoms with E-state index in [0.717, 1.165) is 6.26 Å². The number of rotatable bonds is 2. The van der Waals surface area contributed by atoms with Gasteiger partial charge in [-0.2, -0.15) is 0 Å². The van der Waals surface area contributed by atoms with Crippen molar-refractivity contribution in [2.75, 3.05) is 12.8 Å². The standard InChI is InChI=1S/C10H9BrClNO3S/c1-17(15,16)8-4-2-7(3-5-8)13(14)6-9(12)10(13)11/h2-5H,6H2,1H3. The van der Waals surface area contributed by atoms with Crippen LogP contribution in [0.25, 0.3) is 0 Å². The molecule has 2 rings (SSSR count). The molecule has 92 valence electrons. The SMILES string of the molecule is CS(=O)(=O)c1ccc([N+]2([O-])CC(Cl)=C2Br)cc1. The van der Waals surface area contributed by atoms with Crippen molar-refractivity contribution < 1.29 is 8.42 Å². The Balaban J connectivity index is 2.39. The molecule has 1 aliphatic rings. The largest absolute Gasteiger partial charge is 0.621 e. The lowest BCUT2D eigenvalue weighted by molar-refractivity contribution is 0.476. The molecular formula is C10H9BrClNO3S. The van der Waals surface area contributed by atoms with Crippen molar-refractivity contribution in [3.05, 3.63) is 39.1 Å². The predicted molar refractivity (Wildman–Crippen MR) is 71.4 cm³/mol. The first-order valence-electron chi connectivity index (χ1n) is 4.69. The van der Waals surface area contributed by atoms with Crippen LogP contribution in [-0.4, -0.2) is 21.2 Å². The third-order valence-electron chi connectivity index (χ3n) is 2.58. The summed E-state index contributed by atoms with van der Waals surface area (Å²) in [6.45, 7) is 0.167. The molecule has 1 aromatic rings. The zero-order valence-electron chi connectivity index (χ0n) is 8.85. The molecule has 0 fully saturated rings. The minimum Gasteiger partial charge on any atom is -0.621 e. The molecule has 1 aliphatic heterocycles. The van der Waals surface area contributed by atoms with E-state index in [2.05, 4.69) is 15.9 Å². The summed E-state index contributed by atoms with van der Waals surface area (Å²) in [6, 6.07) is 5.87. The van der Waals surface area contributed by atoms with Crippen molar-refractivity contribution in [2.24, 2.45) is 0 Å². The predicted octanol–water partition coefficient (Wildman–Crippen LogP) is 2.71. The first-order valence-corrected chi connectivity index (χ1v) is 7.76. The van der Waals surface area contributed by atoms with Gasteiger partial charge in [0.15, 0.2) is 9.84 Å². The fourth-order valence-electron chi connectivity index (χ4n) is 1.57. The van der Waals surface area contributed by atoms with E-state index < -0.39 is 14.5 Å². The van der Waals surface area contributed by atoms with E-state index in [0.29, 0.717) is 15.3 Å². The van der Waals surface area contributed by atoms with Crippen molar-refractivity contribution in [3.63, 3.8) is 0 Å². The van der Waals surface area contributed by atoms with Crippen molar-refractivity contribution in [1.29, 1.82) is 0 Å². The Morgan fingerprint density at radius 3 is 2.24 bits per heavy atom. The lowest BCUT2D eigenvalue weighted by atomic mass is 10.2. The number of sulfone groups is 1. The maximum atomic E-state index is 12.3. The van der Waals surface area contributed by atoms with E-state index in [4.69, 9.17) is 11.6 Å². The molecule has 0 bridgehead atoms. The molecule has 0 amide bonds. The first kappa shape index (κ1) is 13.0. The number of halogens is 2. The number of benzene rings is 1. The molecule has 0 aromatic heterocycles. The Labute approximate surface area is 113 Å². The quantitative estimate of drug-likeness (QED) is 0.473. The normalized spacial score (nSPS) is 24.7. The summed E-state index contributed by atoms with van der Waals surface area (Å²) in [5.41, 5.74) is 0.452. The fraction of sp³-hybridized carbons (Fsp3) is 0.200. The fourth-order valence-corrected chi connectivity index (χ4v) is 2.96. The third-order valence-corrected chi connectivity index (χ3v) is 5.29. The van der Waals surface area contributed by atoms with E-state index in [1.807, 2.05) is 0 Å². The van der Waals surface area contributed by atoms with E-state index in [-0.39, 0.29) is 11.4 Å². The number of hydroxylamine groups is 2. The lowest BCUT2D eigenvalue weighted by Gasteiger charge is -2.47. The van der Waals surface area contributed by atoms with Gasteiger partial charge < -0.3 is 5.21 Å². The smallest absolute Gasteiger partial charge is 0.201 e. The maximum absolute atomic E-state index is 12.3. The molecule has 0 N–H and O–H groups in total. The number of quaternary nitrogens is 1. The van der Waals surface area contributed by atoms with Gasteiger partial charge in [-0.15, -0.1) is 0 Å². The summed E-state index contributed by atoms with van der Waals surface area (Å²) in [6.07, 6.45) is 1.12. The Kier molecular flexibility index (Phi) is 3.12. The zero-order valence-corrected chi connectivity index (χ0v) is 12.0. The van der Waals surface area contributed by atoms with Crippen LogP contribution < -0.4 is 4.65 Å². The first-order chi connectivity index (χ1) is 7.75. The molecule has 0 saturated heterocycles. The monoisotopic (exact) mass is 337 g/mol. The van der Waals surface area contributed by atoms with Gasteiger partial charge in [0, 0.05) is 34.3 Å². The molecule has 4 nitrogen and oxygen atoms in total. The number of hydrogen-bond acceptors (Lipinski definition) is 3. The molecule has 0 aliphatic carbocycles. The highest BCUT2D eigenvalue weighted by Crippen LogP contribution is 2.43. The second-order valence-corrected chi connectivity index (χ2v) is 7.08. The van der Waals surface area contributed by atoms with Crippen LogP contribution in [0.2, 0.25) is 0 Å². The summed E-state index contributed by atoms with van der Waals surface area (Å²) >= 11 is 8.89. The average Bonchev–Trinajstić information content (AvgIpc) is 2.27. The Bertz CT molecular complexity index is 596. The number of nitrogens with zero attached hydrogens (tertiary/aromatic N) is 1. The third kappa shape index (κ3) is 2.15. The van der Waals surface area contributed by atoms with Gasteiger partial charge in [-0.3, -0.25) is 4.65 Å². The highest BCUT2D eigenvalue weighted by Gasteiger charge is 2.38. The second kappa shape index (κ2) is 4.07. The van der Waals surface area contributed by atoms with Crippen LogP contribution in [0.3, 0.4) is 0 Å². The van der Waals surface area contributed by atoms with Crippen LogP contribution in [0.1, 0.15) is 0 Å². The van der Waals surface area contributed by atoms with Crippen molar-refractivity contribution in [3.8, 4) is 0 Å². The van der Waals surface area contributed by atoms with Crippen LogP contribution >= 0.6 is 27.5 Å². The van der Waals surface area contributed by atoms with E-state index in [1.165, 1.54) is 24.3 Å². The molecule has 7 heteroatoms. The van der Waals surface area contributed by atoms with Crippen LogP contribution in [0.15, 0.2) is 38.8 Å². The zero-order chi connectivity index (χ0) is 12.8. The van der Waals surface area contributed by atoms with Crippen LogP contribution in [-0.2, 0) is 9.84 Å². The van der Waals surface area contributed by atoms with E-state index in [1.54, 1.807) is 0 Å². The van der Waals surface area contributed by atoms with Gasteiger partial charge in [-0.1, -0.05) is 11.6 Å². The average molecular weight is 339 g/mol. The molecular weight excluding hydrogens is 330 g/mol. The summed E-state index contributed by atoms with van der Waals surface area (Å²) in [7, 11) is -3.24. The lowest BCUT2D eigenvalue weighted by Crippen LogP contribution is -2.49. The Hall–Kier alpha value is -0.400. The highest BCUT2D eigenvalue weighted by molar-refractivity contribution is 9.11. The summed E-state index contributed by atoms with van der Waals surface area (Å²) < 4.78 is 22.2. The van der Waals surface area contributed by atoms with Crippen LogP contribution in [0.4, 0.5) is 5.69 Å². The van der Waals surface area contributed by atoms with E-state index >= 15 is 0 Å². The molecule has 0 radical (unpaired) electrons. The molecule has 1 aromatic carbocycles. The molecule has 1 heterocycles. The van der Waals surface area contributed by atoms with Crippen molar-refractivity contribution >= 4 is 43.1 Å². The van der Waals surface area contributed by atoms with Gasteiger partial charge in [0.1, 0.15) is 17.3 Å². The molecule has 1 atom stereocenters. The van der Waals surface area contributed by atoms with Crippen LogP contribution in [0.5, 0.6) is 0 Å². The van der Waals surface area contributed by atoms with Crippen molar-refractivity contribution in [1.82, 2.24) is 4.65 Å². The van der Waals surface area contributed by atoms with Gasteiger partial charge in [0.05, 0.1) is 4.90 Å². The van der Waals surface area contributed by atoms with Gasteiger partial charge >= 0.3 is 0 Å². The Morgan fingerprint density at radius 2 is 1.88 bits per heavy atom. The maximum Gasteiger partial charge on any atom is 0.201 e. The van der Waals surface area contributed by atoms with Gasteiger partial charge in [0.25, 0.3) is 0 Å². The topological polar surface area (TPSA) is 57.2 Å². The van der Waals surface area contributed by atoms with Crippen LogP contribution in [0, 0.1) is 5.21 Å². The minimum absolute atomic E-state index is 0.167. The second-order valence-electron chi connectivity index (χ2n) is 3.86. The minimum atomic E-state index is -3.24. The summed E-state index contributed by atoms with van der Waals surface area (Å²) in [4.78, 5) is 0.194. The Morgan fingerprint density at radius 1 is 1.35 bits per heavy atom. The molecule has 0 saturated carbocycles. The molecule has 17 heavy (non-hydrogen) atoms. The van der Waals surface area contributed by atoms with Gasteiger partial charge in [0.2, 0.25) is 4.61 Å². The van der Waals surface area contributed by atoms with E-state index in [9.17, 15) is 13.6 Å². The summed E-state index contributed by atoms with van der Waals surface area (Å²) in [5.74, 6) is 0. The summed E-state index contributed by atoms with van der Waals surface area (Å²) in [5, 5.41) is 12.8. The molecule has 1 unspecified atom stereocenters. The highest BCUT2D eigenvalue weighted by atomic mass is 79.9. The number of hydrogen-bond donors (Lipinski definition) is 0. The molecule has 0 spiro atoms. The van der Waals surface area contributed by atoms with Gasteiger partial charge in [-0.05, 0) is 12.1 Å². The van der Waals surface area contributed by atoms with Crippen molar-refractivity contribution in [2.45, 2.75) is 4.90 Å².